The highest BCUT2D eigenvalue weighted by Gasteiger charge is 2.34. The molecule has 18 heavy (non-hydrogen) atoms. The highest BCUT2D eigenvalue weighted by molar-refractivity contribution is 5.61. The highest BCUT2D eigenvalue weighted by Crippen LogP contribution is 2.30. The largest absolute Gasteiger partial charge is 0.496 e. The molecule has 1 N–H and O–H groups in total. The second-order valence-electron chi connectivity index (χ2n) is 3.83. The number of aryl methyl sites for hydroxylation is 1. The van der Waals surface area contributed by atoms with Crippen LogP contribution in [0.3, 0.4) is 0 Å². The number of halogens is 3. The molecule has 0 fully saturated rings. The van der Waals surface area contributed by atoms with Crippen LogP contribution in [0.15, 0.2) is 24.4 Å². The van der Waals surface area contributed by atoms with Crippen LogP contribution >= 0.6 is 0 Å². The maximum Gasteiger partial charge on any atom is 0.449 e. The summed E-state index contributed by atoms with van der Waals surface area (Å²) in [6.45, 7) is 1.82. The minimum Gasteiger partial charge on any atom is -0.496 e. The molecule has 0 radical (unpaired) electrons. The summed E-state index contributed by atoms with van der Waals surface area (Å²) in [6.07, 6.45) is -3.29. The topological polar surface area (TPSA) is 37.9 Å². The van der Waals surface area contributed by atoms with Crippen LogP contribution < -0.4 is 4.74 Å². The summed E-state index contributed by atoms with van der Waals surface area (Å²) in [4.78, 5) is 5.58. The molecule has 6 heteroatoms. The van der Waals surface area contributed by atoms with Gasteiger partial charge in [-0.3, -0.25) is 0 Å². The number of alkyl halides is 3. The van der Waals surface area contributed by atoms with Crippen LogP contribution in [0.4, 0.5) is 13.2 Å². The fourth-order valence-electron chi connectivity index (χ4n) is 1.66. The van der Waals surface area contributed by atoms with Gasteiger partial charge in [-0.05, 0) is 30.7 Å². The third kappa shape index (κ3) is 2.32. The number of hydrogen-bond donors (Lipinski definition) is 1. The molecule has 0 aliphatic rings. The summed E-state index contributed by atoms with van der Waals surface area (Å²) in [5.74, 6) is -0.305. The van der Waals surface area contributed by atoms with Gasteiger partial charge in [0, 0.05) is 5.56 Å². The van der Waals surface area contributed by atoms with Crippen molar-refractivity contribution in [2.75, 3.05) is 7.11 Å². The minimum absolute atomic E-state index is 0.327. The Bertz CT molecular complexity index is 561. The first-order valence-electron chi connectivity index (χ1n) is 5.19. The molecule has 0 spiro atoms. The van der Waals surface area contributed by atoms with Gasteiger partial charge in [0.1, 0.15) is 5.75 Å². The van der Waals surface area contributed by atoms with E-state index in [4.69, 9.17) is 4.74 Å². The second-order valence-corrected chi connectivity index (χ2v) is 3.83. The van der Waals surface area contributed by atoms with Crippen molar-refractivity contribution in [3.63, 3.8) is 0 Å². The molecular weight excluding hydrogens is 245 g/mol. The standard InChI is InChI=1S/C12H11F3N2O/c1-7-5-8(3-4-10(7)18-2)9-6-16-11(17-9)12(13,14)15/h3-6H,1-2H3,(H,16,17). The number of nitrogens with zero attached hydrogens (tertiary/aromatic N) is 1. The summed E-state index contributed by atoms with van der Waals surface area (Å²) in [6, 6.07) is 5.13. The zero-order chi connectivity index (χ0) is 13.3. The molecule has 96 valence electrons. The van der Waals surface area contributed by atoms with E-state index in [0.29, 0.717) is 17.0 Å². The monoisotopic (exact) mass is 256 g/mol. The van der Waals surface area contributed by atoms with Crippen molar-refractivity contribution in [3.8, 4) is 17.0 Å². The molecule has 0 saturated heterocycles. The van der Waals surface area contributed by atoms with E-state index in [-0.39, 0.29) is 0 Å². The first-order chi connectivity index (χ1) is 8.41. The fraction of sp³-hybridized carbons (Fsp3) is 0.250. The van der Waals surface area contributed by atoms with Crippen molar-refractivity contribution in [1.29, 1.82) is 0 Å². The Kier molecular flexibility index (Phi) is 3.02. The zero-order valence-electron chi connectivity index (χ0n) is 9.80. The summed E-state index contributed by atoms with van der Waals surface area (Å²) in [5, 5.41) is 0. The van der Waals surface area contributed by atoms with Gasteiger partial charge in [0.05, 0.1) is 19.0 Å². The van der Waals surface area contributed by atoms with E-state index in [1.807, 2.05) is 6.92 Å². The third-order valence-corrected chi connectivity index (χ3v) is 2.55. The van der Waals surface area contributed by atoms with Gasteiger partial charge in [-0.1, -0.05) is 0 Å². The molecule has 1 aromatic heterocycles. The first kappa shape index (κ1) is 12.5. The van der Waals surface area contributed by atoms with Gasteiger partial charge < -0.3 is 9.72 Å². The van der Waals surface area contributed by atoms with E-state index < -0.39 is 12.0 Å². The van der Waals surface area contributed by atoms with Gasteiger partial charge in [-0.2, -0.15) is 13.2 Å². The van der Waals surface area contributed by atoms with E-state index >= 15 is 0 Å². The minimum atomic E-state index is -4.46. The van der Waals surface area contributed by atoms with Crippen molar-refractivity contribution in [2.45, 2.75) is 13.1 Å². The van der Waals surface area contributed by atoms with Crippen molar-refractivity contribution >= 4 is 0 Å². The predicted octanol–water partition coefficient (Wildman–Crippen LogP) is 3.41. The van der Waals surface area contributed by atoms with Crippen LogP contribution in [0.25, 0.3) is 11.3 Å². The van der Waals surface area contributed by atoms with Gasteiger partial charge in [0.15, 0.2) is 0 Å². The SMILES string of the molecule is COc1ccc(-c2cnc(C(F)(F)F)[nH]2)cc1C. The van der Waals surface area contributed by atoms with Gasteiger partial charge >= 0.3 is 6.18 Å². The molecule has 2 rings (SSSR count). The normalized spacial score (nSPS) is 11.6. The van der Waals surface area contributed by atoms with E-state index in [2.05, 4.69) is 9.97 Å². The van der Waals surface area contributed by atoms with E-state index in [1.165, 1.54) is 6.20 Å². The molecule has 0 aliphatic carbocycles. The van der Waals surface area contributed by atoms with Crippen molar-refractivity contribution in [1.82, 2.24) is 9.97 Å². The maximum absolute atomic E-state index is 12.4. The Balaban J connectivity index is 2.38. The Morgan fingerprint density at radius 2 is 2.00 bits per heavy atom. The average Bonchev–Trinajstić information content (AvgIpc) is 2.77. The van der Waals surface area contributed by atoms with Crippen LogP contribution in [0.5, 0.6) is 5.75 Å². The van der Waals surface area contributed by atoms with Gasteiger partial charge in [0.25, 0.3) is 0 Å². The quantitative estimate of drug-likeness (QED) is 0.894. The molecule has 0 bridgehead atoms. The Hall–Kier alpha value is -1.98. The molecule has 3 nitrogen and oxygen atoms in total. The molecule has 2 aromatic rings. The van der Waals surface area contributed by atoms with Crippen LogP contribution in [0.2, 0.25) is 0 Å². The number of H-pyrrole nitrogens is 1. The Labute approximate surface area is 102 Å². The van der Waals surface area contributed by atoms with Gasteiger partial charge in [-0.15, -0.1) is 0 Å². The summed E-state index contributed by atoms with van der Waals surface area (Å²) in [7, 11) is 1.54. The number of hydrogen-bond acceptors (Lipinski definition) is 2. The molecular formula is C12H11F3N2O. The molecule has 0 atom stereocenters. The molecule has 1 aromatic carbocycles. The predicted molar refractivity (Wildman–Crippen MR) is 60.3 cm³/mol. The average molecular weight is 256 g/mol. The third-order valence-electron chi connectivity index (χ3n) is 2.55. The molecule has 0 saturated carbocycles. The van der Waals surface area contributed by atoms with Crippen LogP contribution in [-0.2, 0) is 6.18 Å². The van der Waals surface area contributed by atoms with Crippen molar-refractivity contribution < 1.29 is 17.9 Å². The molecule has 0 aliphatic heterocycles. The Morgan fingerprint density at radius 1 is 1.28 bits per heavy atom. The van der Waals surface area contributed by atoms with Crippen LogP contribution in [0.1, 0.15) is 11.4 Å². The summed E-state index contributed by atoms with van der Waals surface area (Å²) < 4.78 is 42.3. The van der Waals surface area contributed by atoms with Crippen molar-refractivity contribution in [2.24, 2.45) is 0 Å². The number of methoxy groups -OCH3 is 1. The number of imidazole rings is 1. The van der Waals surface area contributed by atoms with Crippen LogP contribution in [0, 0.1) is 6.92 Å². The van der Waals surface area contributed by atoms with Crippen molar-refractivity contribution in [3.05, 3.63) is 35.8 Å². The van der Waals surface area contributed by atoms with E-state index in [0.717, 1.165) is 5.56 Å². The zero-order valence-corrected chi connectivity index (χ0v) is 9.80. The molecule has 1 heterocycles. The number of benzene rings is 1. The van der Waals surface area contributed by atoms with E-state index in [9.17, 15) is 13.2 Å². The number of ether oxygens (including phenoxy) is 1. The molecule has 0 unspecified atom stereocenters. The first-order valence-corrected chi connectivity index (χ1v) is 5.19. The maximum atomic E-state index is 12.4. The highest BCUT2D eigenvalue weighted by atomic mass is 19.4. The number of nitrogens with one attached hydrogen (secondary N) is 1. The van der Waals surface area contributed by atoms with E-state index in [1.54, 1.807) is 25.3 Å². The lowest BCUT2D eigenvalue weighted by atomic mass is 10.1. The number of rotatable bonds is 2. The lowest BCUT2D eigenvalue weighted by molar-refractivity contribution is -0.144. The number of aromatic amines is 1. The lowest BCUT2D eigenvalue weighted by Gasteiger charge is -2.06. The van der Waals surface area contributed by atoms with Gasteiger partial charge in [-0.25, -0.2) is 4.98 Å². The summed E-state index contributed by atoms with van der Waals surface area (Å²) in [5.41, 5.74) is 1.81. The smallest absolute Gasteiger partial charge is 0.449 e. The number of aromatic nitrogens is 2. The second kappa shape index (κ2) is 4.36. The lowest BCUT2D eigenvalue weighted by Crippen LogP contribution is -2.07. The Morgan fingerprint density at radius 3 is 2.50 bits per heavy atom. The molecule has 0 amide bonds. The fourth-order valence-corrected chi connectivity index (χ4v) is 1.66. The summed E-state index contributed by atoms with van der Waals surface area (Å²) >= 11 is 0. The van der Waals surface area contributed by atoms with Gasteiger partial charge in [0.2, 0.25) is 5.82 Å². The van der Waals surface area contributed by atoms with Crippen LogP contribution in [-0.4, -0.2) is 17.1 Å².